The minimum absolute atomic E-state index is 0.190. The van der Waals surface area contributed by atoms with Gasteiger partial charge in [-0.25, -0.2) is 0 Å². The lowest BCUT2D eigenvalue weighted by Gasteiger charge is -2.11. The van der Waals surface area contributed by atoms with E-state index >= 15 is 0 Å². The SMILES string of the molecule is N#Cc1ccc(OCc2ccccc2)c(B(O)O)c1. The number of nitriles is 1. The standard InChI is InChI=1S/C14H12BNO3/c16-9-12-6-7-14(13(8-12)15(17)18)19-10-11-4-2-1-3-5-11/h1-8,17-18H,10H2. The van der Waals surface area contributed by atoms with Crippen molar-refractivity contribution in [2.24, 2.45) is 0 Å². The summed E-state index contributed by atoms with van der Waals surface area (Å²) < 4.78 is 5.55. The number of nitrogens with zero attached hydrogens (tertiary/aromatic N) is 1. The minimum atomic E-state index is -1.67. The van der Waals surface area contributed by atoms with E-state index in [9.17, 15) is 10.0 Å². The van der Waals surface area contributed by atoms with Crippen LogP contribution in [0.15, 0.2) is 48.5 Å². The largest absolute Gasteiger partial charge is 0.492 e. The number of ether oxygens (including phenoxy) is 1. The molecule has 0 aliphatic heterocycles. The molecule has 0 aromatic heterocycles. The van der Waals surface area contributed by atoms with Gasteiger partial charge in [0.2, 0.25) is 0 Å². The first-order valence-corrected chi connectivity index (χ1v) is 5.77. The van der Waals surface area contributed by atoms with Crippen LogP contribution in [-0.2, 0) is 6.61 Å². The molecule has 0 spiro atoms. The van der Waals surface area contributed by atoms with E-state index in [0.29, 0.717) is 17.9 Å². The Morgan fingerprint density at radius 2 is 1.84 bits per heavy atom. The monoisotopic (exact) mass is 253 g/mol. The molecule has 0 atom stereocenters. The van der Waals surface area contributed by atoms with Crippen LogP contribution in [0.2, 0.25) is 0 Å². The molecule has 94 valence electrons. The molecule has 2 aromatic carbocycles. The molecule has 0 bridgehead atoms. The van der Waals surface area contributed by atoms with Crippen molar-refractivity contribution in [1.29, 1.82) is 5.26 Å². The molecule has 4 nitrogen and oxygen atoms in total. The summed E-state index contributed by atoms with van der Waals surface area (Å²) in [5.41, 5.74) is 1.52. The maximum atomic E-state index is 9.29. The summed E-state index contributed by atoms with van der Waals surface area (Å²) in [7, 11) is -1.67. The van der Waals surface area contributed by atoms with Gasteiger partial charge >= 0.3 is 7.12 Å². The minimum Gasteiger partial charge on any atom is -0.489 e. The van der Waals surface area contributed by atoms with Crippen LogP contribution in [0.1, 0.15) is 11.1 Å². The summed E-state index contributed by atoms with van der Waals surface area (Å²) in [6.45, 7) is 0.326. The second kappa shape index (κ2) is 6.05. The maximum Gasteiger partial charge on any atom is 0.492 e. The van der Waals surface area contributed by atoms with Gasteiger partial charge in [0.25, 0.3) is 0 Å². The van der Waals surface area contributed by atoms with E-state index < -0.39 is 7.12 Å². The highest BCUT2D eigenvalue weighted by atomic mass is 16.5. The quantitative estimate of drug-likeness (QED) is 0.791. The average molecular weight is 253 g/mol. The van der Waals surface area contributed by atoms with Gasteiger partial charge < -0.3 is 14.8 Å². The summed E-state index contributed by atoms with van der Waals surface area (Å²) >= 11 is 0. The van der Waals surface area contributed by atoms with Crippen molar-refractivity contribution in [2.45, 2.75) is 6.61 Å². The average Bonchev–Trinajstić information content (AvgIpc) is 2.46. The molecule has 0 fully saturated rings. The van der Waals surface area contributed by atoms with Crippen molar-refractivity contribution in [1.82, 2.24) is 0 Å². The zero-order valence-electron chi connectivity index (χ0n) is 10.2. The predicted octanol–water partition coefficient (Wildman–Crippen LogP) is 0.817. The highest BCUT2D eigenvalue weighted by Gasteiger charge is 2.18. The molecule has 19 heavy (non-hydrogen) atoms. The Labute approximate surface area is 111 Å². The van der Waals surface area contributed by atoms with Crippen LogP contribution in [-0.4, -0.2) is 17.2 Å². The van der Waals surface area contributed by atoms with Crippen molar-refractivity contribution in [3.8, 4) is 11.8 Å². The Kier molecular flexibility index (Phi) is 4.19. The van der Waals surface area contributed by atoms with E-state index in [1.807, 2.05) is 36.4 Å². The van der Waals surface area contributed by atoms with Crippen LogP contribution in [0.5, 0.6) is 5.75 Å². The number of hydrogen-bond donors (Lipinski definition) is 2. The summed E-state index contributed by atoms with van der Waals surface area (Å²) in [4.78, 5) is 0. The van der Waals surface area contributed by atoms with E-state index in [1.165, 1.54) is 6.07 Å². The molecule has 0 aliphatic carbocycles. The number of benzene rings is 2. The lowest BCUT2D eigenvalue weighted by atomic mass is 9.79. The molecule has 0 saturated heterocycles. The molecular weight excluding hydrogens is 241 g/mol. The van der Waals surface area contributed by atoms with Gasteiger partial charge in [0.05, 0.1) is 11.6 Å². The Balaban J connectivity index is 2.18. The van der Waals surface area contributed by atoms with E-state index in [1.54, 1.807) is 12.1 Å². The molecule has 0 saturated carbocycles. The first-order valence-electron chi connectivity index (χ1n) is 5.77. The second-order valence-electron chi connectivity index (χ2n) is 4.01. The Morgan fingerprint density at radius 3 is 2.47 bits per heavy atom. The predicted molar refractivity (Wildman–Crippen MR) is 71.8 cm³/mol. The van der Waals surface area contributed by atoms with Crippen LogP contribution in [0, 0.1) is 11.3 Å². The molecule has 0 radical (unpaired) electrons. The van der Waals surface area contributed by atoms with Gasteiger partial charge in [-0.3, -0.25) is 0 Å². The Hall–Kier alpha value is -2.29. The van der Waals surface area contributed by atoms with Crippen molar-refractivity contribution in [3.05, 3.63) is 59.7 Å². The Morgan fingerprint density at radius 1 is 1.11 bits per heavy atom. The summed E-state index contributed by atoms with van der Waals surface area (Å²) in [5, 5.41) is 27.4. The first-order chi connectivity index (χ1) is 9.20. The van der Waals surface area contributed by atoms with Crippen LogP contribution in [0.4, 0.5) is 0 Å². The molecule has 2 N–H and O–H groups in total. The van der Waals surface area contributed by atoms with Gasteiger partial charge in [-0.05, 0) is 23.8 Å². The van der Waals surface area contributed by atoms with E-state index in [4.69, 9.17) is 10.00 Å². The van der Waals surface area contributed by atoms with Crippen molar-refractivity contribution < 1.29 is 14.8 Å². The molecule has 2 aromatic rings. The third-order valence-corrected chi connectivity index (χ3v) is 2.65. The van der Waals surface area contributed by atoms with E-state index in [0.717, 1.165) is 5.56 Å². The molecule has 0 aliphatic rings. The zero-order valence-corrected chi connectivity index (χ0v) is 10.2. The molecule has 2 rings (SSSR count). The Bertz CT molecular complexity index is 593. The highest BCUT2D eigenvalue weighted by molar-refractivity contribution is 6.59. The first kappa shape index (κ1) is 13.2. The maximum absolute atomic E-state index is 9.29. The lowest BCUT2D eigenvalue weighted by Crippen LogP contribution is -2.31. The molecule has 0 heterocycles. The zero-order chi connectivity index (χ0) is 13.7. The van der Waals surface area contributed by atoms with Gasteiger partial charge in [0.15, 0.2) is 0 Å². The lowest BCUT2D eigenvalue weighted by molar-refractivity contribution is 0.306. The number of hydrogen-bond acceptors (Lipinski definition) is 4. The molecular formula is C14H12BNO3. The molecule has 5 heteroatoms. The second-order valence-corrected chi connectivity index (χ2v) is 4.01. The van der Waals surface area contributed by atoms with Crippen LogP contribution >= 0.6 is 0 Å². The van der Waals surface area contributed by atoms with Crippen LogP contribution in [0.25, 0.3) is 0 Å². The summed E-state index contributed by atoms with van der Waals surface area (Å²) in [6.07, 6.45) is 0. The molecule has 0 amide bonds. The third-order valence-electron chi connectivity index (χ3n) is 2.65. The number of rotatable bonds is 4. The fourth-order valence-electron chi connectivity index (χ4n) is 1.69. The van der Waals surface area contributed by atoms with Crippen molar-refractivity contribution in [3.63, 3.8) is 0 Å². The van der Waals surface area contributed by atoms with Gasteiger partial charge in [0.1, 0.15) is 12.4 Å². The van der Waals surface area contributed by atoms with Crippen LogP contribution < -0.4 is 10.2 Å². The summed E-state index contributed by atoms with van der Waals surface area (Å²) in [5.74, 6) is 0.359. The van der Waals surface area contributed by atoms with E-state index in [-0.39, 0.29) is 5.46 Å². The third kappa shape index (κ3) is 3.35. The fraction of sp³-hybridized carbons (Fsp3) is 0.0714. The topological polar surface area (TPSA) is 73.5 Å². The highest BCUT2D eigenvalue weighted by Crippen LogP contribution is 2.12. The summed E-state index contributed by atoms with van der Waals surface area (Å²) in [6, 6.07) is 16.0. The fourth-order valence-corrected chi connectivity index (χ4v) is 1.69. The van der Waals surface area contributed by atoms with Gasteiger partial charge in [-0.2, -0.15) is 5.26 Å². The molecule has 0 unspecified atom stereocenters. The van der Waals surface area contributed by atoms with Gasteiger partial charge in [-0.15, -0.1) is 0 Å². The smallest absolute Gasteiger partial charge is 0.489 e. The van der Waals surface area contributed by atoms with E-state index in [2.05, 4.69) is 0 Å². The van der Waals surface area contributed by atoms with Gasteiger partial charge in [0, 0.05) is 5.46 Å². The van der Waals surface area contributed by atoms with Gasteiger partial charge in [-0.1, -0.05) is 30.3 Å². The van der Waals surface area contributed by atoms with Crippen molar-refractivity contribution in [2.75, 3.05) is 0 Å². The van der Waals surface area contributed by atoms with Crippen molar-refractivity contribution >= 4 is 12.6 Å². The normalized spacial score (nSPS) is 9.74. The van der Waals surface area contributed by atoms with Crippen LogP contribution in [0.3, 0.4) is 0 Å².